The number of carboxylic acid groups (broad SMARTS) is 1. The number of aromatic nitrogens is 4. The van der Waals surface area contributed by atoms with Gasteiger partial charge in [0.15, 0.2) is 0 Å². The van der Waals surface area contributed by atoms with Crippen LogP contribution >= 0.6 is 0 Å². The van der Waals surface area contributed by atoms with Crippen molar-refractivity contribution in [2.24, 2.45) is 0 Å². The Bertz CT molecular complexity index is 1210. The maximum absolute atomic E-state index is 12.0. The largest absolute Gasteiger partial charge is 0.491 e. The minimum atomic E-state index is -0.938. The van der Waals surface area contributed by atoms with E-state index in [9.17, 15) is 9.90 Å². The highest BCUT2D eigenvalue weighted by Crippen LogP contribution is 2.20. The van der Waals surface area contributed by atoms with Crippen LogP contribution in [-0.2, 0) is 17.6 Å². The summed E-state index contributed by atoms with van der Waals surface area (Å²) in [6.07, 6.45) is 10.2. The molecule has 0 fully saturated rings. The summed E-state index contributed by atoms with van der Waals surface area (Å²) in [5, 5.41) is 16.2. The van der Waals surface area contributed by atoms with E-state index in [2.05, 4.69) is 42.6 Å². The molecule has 0 radical (unpaired) electrons. The summed E-state index contributed by atoms with van der Waals surface area (Å²) in [5.74, 6) is 1.57. The number of hydrogen-bond donors (Lipinski definition) is 3. The Morgan fingerprint density at radius 2 is 2.00 bits per heavy atom. The molecule has 1 unspecified atom stereocenters. The summed E-state index contributed by atoms with van der Waals surface area (Å²) >= 11 is 0. The number of ether oxygens (including phenoxy) is 2. The molecule has 1 aliphatic heterocycles. The molecule has 0 aromatic carbocycles. The molecule has 11 heteroatoms. The van der Waals surface area contributed by atoms with Gasteiger partial charge in [0.25, 0.3) is 0 Å². The third kappa shape index (κ3) is 9.04. The fraction of sp³-hybridized carbons (Fsp3) is 0.483. The van der Waals surface area contributed by atoms with Gasteiger partial charge < -0.3 is 25.2 Å². The fourth-order valence-corrected chi connectivity index (χ4v) is 4.56. The zero-order valence-electron chi connectivity index (χ0n) is 23.3. The van der Waals surface area contributed by atoms with E-state index in [-0.39, 0.29) is 0 Å². The summed E-state index contributed by atoms with van der Waals surface area (Å²) < 4.78 is 10.9. The van der Waals surface area contributed by atoms with Gasteiger partial charge in [0, 0.05) is 31.0 Å². The Labute approximate surface area is 235 Å². The number of carboxylic acids is 1. The maximum atomic E-state index is 12.0. The second-order valence-corrected chi connectivity index (χ2v) is 9.89. The van der Waals surface area contributed by atoms with E-state index in [1.807, 2.05) is 19.1 Å². The Hall–Kier alpha value is -3.99. The Balaban J connectivity index is 1.30. The van der Waals surface area contributed by atoms with Gasteiger partial charge in [0.2, 0.25) is 5.88 Å². The minimum absolute atomic E-state index is 0.370. The van der Waals surface area contributed by atoms with Gasteiger partial charge in [-0.15, -0.1) is 0 Å². The first-order valence-electron chi connectivity index (χ1n) is 13.9. The van der Waals surface area contributed by atoms with Crippen molar-refractivity contribution in [1.29, 1.82) is 0 Å². The second kappa shape index (κ2) is 15.0. The highest BCUT2D eigenvalue weighted by molar-refractivity contribution is 5.76. The predicted molar refractivity (Wildman–Crippen MR) is 153 cm³/mol. The number of nitrogens with one attached hydrogen (secondary N) is 2. The Morgan fingerprint density at radius 3 is 2.75 bits per heavy atom. The van der Waals surface area contributed by atoms with E-state index in [4.69, 9.17) is 14.5 Å². The van der Waals surface area contributed by atoms with Gasteiger partial charge in [-0.1, -0.05) is 6.07 Å². The number of carbonyl (C=O) groups is 1. The van der Waals surface area contributed by atoms with Crippen LogP contribution in [0.3, 0.4) is 0 Å². The lowest BCUT2D eigenvalue weighted by Crippen LogP contribution is -2.37. The third-order valence-electron chi connectivity index (χ3n) is 6.86. The lowest BCUT2D eigenvalue weighted by atomic mass is 10.1. The lowest BCUT2D eigenvalue weighted by molar-refractivity contribution is -0.138. The molecule has 4 heterocycles. The molecule has 0 saturated carbocycles. The molecule has 0 spiro atoms. The summed E-state index contributed by atoms with van der Waals surface area (Å²) in [7, 11) is 1.51. The van der Waals surface area contributed by atoms with Crippen molar-refractivity contribution >= 4 is 17.6 Å². The van der Waals surface area contributed by atoms with E-state index in [1.54, 1.807) is 6.20 Å². The van der Waals surface area contributed by atoms with Crippen LogP contribution in [0.15, 0.2) is 42.9 Å². The van der Waals surface area contributed by atoms with Gasteiger partial charge in [-0.2, -0.15) is 0 Å². The van der Waals surface area contributed by atoms with Crippen LogP contribution in [0.25, 0.3) is 0 Å². The molecule has 1 atom stereocenters. The first kappa shape index (κ1) is 29.0. The van der Waals surface area contributed by atoms with E-state index in [1.165, 1.54) is 25.1 Å². The zero-order chi connectivity index (χ0) is 28.2. The molecule has 11 nitrogen and oxygen atoms in total. The highest BCUT2D eigenvalue weighted by atomic mass is 16.5. The van der Waals surface area contributed by atoms with E-state index >= 15 is 0 Å². The molecule has 214 valence electrons. The van der Waals surface area contributed by atoms with Crippen molar-refractivity contribution < 1.29 is 19.4 Å². The Morgan fingerprint density at radius 1 is 1.10 bits per heavy atom. The SMILES string of the molecule is COc1cnc(NC(CCN(CCCCc2ccc3c(n2)NCCC3)CCOc2ccc(C)nc2)C(=O)O)cn1. The average Bonchev–Trinajstić information content (AvgIpc) is 2.98. The van der Waals surface area contributed by atoms with Gasteiger partial charge >= 0.3 is 5.97 Å². The van der Waals surface area contributed by atoms with Crippen LogP contribution in [-0.4, -0.2) is 81.8 Å². The number of nitrogens with zero attached hydrogens (tertiary/aromatic N) is 5. The smallest absolute Gasteiger partial charge is 0.326 e. The molecule has 3 aromatic heterocycles. The van der Waals surface area contributed by atoms with E-state index in [0.29, 0.717) is 37.8 Å². The molecule has 40 heavy (non-hydrogen) atoms. The molecule has 0 bridgehead atoms. The summed E-state index contributed by atoms with van der Waals surface area (Å²) in [4.78, 5) is 31.6. The monoisotopic (exact) mass is 549 g/mol. The maximum Gasteiger partial charge on any atom is 0.326 e. The number of rotatable bonds is 16. The van der Waals surface area contributed by atoms with Crippen molar-refractivity contribution in [2.45, 2.75) is 51.5 Å². The number of fused-ring (bicyclic) bond motifs is 1. The number of unbranched alkanes of at least 4 members (excludes halogenated alkanes) is 1. The summed E-state index contributed by atoms with van der Waals surface area (Å²) in [5.41, 5.74) is 3.34. The number of hydrogen-bond acceptors (Lipinski definition) is 10. The molecule has 0 aliphatic carbocycles. The van der Waals surface area contributed by atoms with E-state index in [0.717, 1.165) is 68.1 Å². The Kier molecular flexibility index (Phi) is 10.9. The van der Waals surface area contributed by atoms with E-state index < -0.39 is 12.0 Å². The molecule has 1 aliphatic rings. The highest BCUT2D eigenvalue weighted by Gasteiger charge is 2.20. The summed E-state index contributed by atoms with van der Waals surface area (Å²) in [6.45, 7) is 5.49. The molecule has 0 saturated heterocycles. The molecular formula is C29H39N7O4. The second-order valence-electron chi connectivity index (χ2n) is 9.89. The van der Waals surface area contributed by atoms with Gasteiger partial charge in [-0.3, -0.25) is 9.88 Å². The predicted octanol–water partition coefficient (Wildman–Crippen LogP) is 3.60. The third-order valence-corrected chi connectivity index (χ3v) is 6.86. The van der Waals surface area contributed by atoms with Crippen LogP contribution < -0.4 is 20.1 Å². The number of methoxy groups -OCH3 is 1. The molecular weight excluding hydrogens is 510 g/mol. The van der Waals surface area contributed by atoms with Gasteiger partial charge in [-0.05, 0) is 75.8 Å². The van der Waals surface area contributed by atoms with Crippen LogP contribution in [0.4, 0.5) is 11.6 Å². The van der Waals surface area contributed by atoms with Gasteiger partial charge in [0.05, 0.1) is 25.7 Å². The van der Waals surface area contributed by atoms with Crippen LogP contribution in [0.1, 0.15) is 42.6 Å². The summed E-state index contributed by atoms with van der Waals surface area (Å²) in [6, 6.07) is 7.35. The molecule has 0 amide bonds. The van der Waals surface area contributed by atoms with Crippen LogP contribution in [0.5, 0.6) is 11.6 Å². The van der Waals surface area contributed by atoms with Crippen molar-refractivity contribution in [3.63, 3.8) is 0 Å². The number of aliphatic carboxylic acids is 1. The fourth-order valence-electron chi connectivity index (χ4n) is 4.56. The molecule has 4 rings (SSSR count). The topological polar surface area (TPSA) is 135 Å². The number of aryl methyl sites for hydroxylation is 3. The number of anilines is 2. The van der Waals surface area contributed by atoms with Crippen LogP contribution in [0.2, 0.25) is 0 Å². The van der Waals surface area contributed by atoms with Crippen molar-refractivity contribution in [2.75, 3.05) is 50.5 Å². The van der Waals surface area contributed by atoms with Crippen molar-refractivity contribution in [3.8, 4) is 11.6 Å². The first-order valence-corrected chi connectivity index (χ1v) is 13.9. The van der Waals surface area contributed by atoms with Gasteiger partial charge in [0.1, 0.15) is 30.0 Å². The number of pyridine rings is 2. The van der Waals surface area contributed by atoms with Crippen molar-refractivity contribution in [1.82, 2.24) is 24.8 Å². The average molecular weight is 550 g/mol. The quantitative estimate of drug-likeness (QED) is 0.226. The first-order chi connectivity index (χ1) is 19.5. The molecule has 3 N–H and O–H groups in total. The standard InChI is InChI=1S/C29H39N7O4/c1-21-8-11-24(18-31-21)40-17-16-36(14-4-3-7-23-10-9-22-6-5-13-30-28(22)34-23)15-12-25(29(37)38)35-26-19-33-27(39-2)20-32-26/h8-11,18-20,25H,3-7,12-17H2,1-2H3,(H,30,34)(H,32,35)(H,37,38). The van der Waals surface area contributed by atoms with Crippen LogP contribution in [0, 0.1) is 6.92 Å². The zero-order valence-corrected chi connectivity index (χ0v) is 23.3. The van der Waals surface area contributed by atoms with Gasteiger partial charge in [-0.25, -0.2) is 19.7 Å². The minimum Gasteiger partial charge on any atom is -0.491 e. The van der Waals surface area contributed by atoms with Crippen molar-refractivity contribution in [3.05, 3.63) is 59.8 Å². The molecule has 3 aromatic rings. The lowest BCUT2D eigenvalue weighted by Gasteiger charge is -2.24. The normalized spacial score (nSPS) is 13.3.